The number of anilines is 1. The summed E-state index contributed by atoms with van der Waals surface area (Å²) in [4.78, 5) is 4.25. The summed E-state index contributed by atoms with van der Waals surface area (Å²) in [6.07, 6.45) is 3.85. The third-order valence-electron chi connectivity index (χ3n) is 2.41. The van der Waals surface area contributed by atoms with E-state index < -0.39 is 0 Å². The molecule has 2 N–H and O–H groups in total. The largest absolute Gasteiger partial charge is 0.440 e. The molecule has 90 valence electrons. The maximum Gasteiger partial charge on any atom is 0.255 e. The van der Waals surface area contributed by atoms with Crippen LogP contribution in [0.3, 0.4) is 0 Å². The van der Waals surface area contributed by atoms with E-state index in [1.165, 1.54) is 5.56 Å². The van der Waals surface area contributed by atoms with Crippen molar-refractivity contribution in [3.63, 3.8) is 0 Å². The first-order valence-corrected chi connectivity index (χ1v) is 6.62. The molecule has 0 unspecified atom stereocenters. The van der Waals surface area contributed by atoms with E-state index in [2.05, 4.69) is 17.1 Å². The van der Waals surface area contributed by atoms with Crippen molar-refractivity contribution in [3.05, 3.63) is 41.8 Å². The molecule has 0 aliphatic carbocycles. The number of thioether (sulfide) groups is 1. The van der Waals surface area contributed by atoms with E-state index in [1.807, 2.05) is 19.1 Å². The molecule has 0 radical (unpaired) electrons. The predicted octanol–water partition coefficient (Wildman–Crippen LogP) is 3.29. The topological polar surface area (TPSA) is 52.0 Å². The third-order valence-corrected chi connectivity index (χ3v) is 3.34. The number of nitrogens with two attached hydrogens (primary N) is 1. The molecule has 0 saturated heterocycles. The second-order valence-corrected chi connectivity index (χ2v) is 4.99. The van der Waals surface area contributed by atoms with Gasteiger partial charge < -0.3 is 10.2 Å². The molecule has 1 heterocycles. The number of oxazole rings is 1. The van der Waals surface area contributed by atoms with Crippen molar-refractivity contribution in [2.24, 2.45) is 0 Å². The molecular formula is C13H16N2OS. The Labute approximate surface area is 105 Å². The molecule has 0 atom stereocenters. The molecule has 0 amide bonds. The zero-order chi connectivity index (χ0) is 12.1. The normalized spacial score (nSPS) is 10.6. The summed E-state index contributed by atoms with van der Waals surface area (Å²) in [5, 5.41) is 0.764. The Hall–Kier alpha value is -1.42. The van der Waals surface area contributed by atoms with Gasteiger partial charge in [-0.05, 0) is 37.5 Å². The van der Waals surface area contributed by atoms with Crippen LogP contribution < -0.4 is 5.73 Å². The Bertz CT molecular complexity index is 465. The Morgan fingerprint density at radius 3 is 2.71 bits per heavy atom. The zero-order valence-electron chi connectivity index (χ0n) is 9.85. The van der Waals surface area contributed by atoms with Crippen LogP contribution in [0.4, 0.5) is 5.69 Å². The van der Waals surface area contributed by atoms with Gasteiger partial charge in [0.05, 0.1) is 5.69 Å². The van der Waals surface area contributed by atoms with Crippen LogP contribution >= 0.6 is 11.8 Å². The van der Waals surface area contributed by atoms with Crippen molar-refractivity contribution in [1.82, 2.24) is 4.98 Å². The summed E-state index contributed by atoms with van der Waals surface area (Å²) >= 11 is 1.66. The van der Waals surface area contributed by atoms with Gasteiger partial charge in [0.2, 0.25) is 0 Å². The van der Waals surface area contributed by atoms with Gasteiger partial charge in [-0.2, -0.15) is 0 Å². The zero-order valence-corrected chi connectivity index (χ0v) is 10.7. The average Bonchev–Trinajstić information content (AvgIpc) is 2.73. The fourth-order valence-electron chi connectivity index (χ4n) is 1.52. The Morgan fingerprint density at radius 1 is 1.29 bits per heavy atom. The summed E-state index contributed by atoms with van der Waals surface area (Å²) in [5.41, 5.74) is 8.71. The lowest BCUT2D eigenvalue weighted by molar-refractivity contribution is 0.454. The second kappa shape index (κ2) is 5.77. The Kier molecular flexibility index (Phi) is 4.09. The number of nitrogens with zero attached hydrogens (tertiary/aromatic N) is 1. The van der Waals surface area contributed by atoms with E-state index in [9.17, 15) is 0 Å². The van der Waals surface area contributed by atoms with Crippen LogP contribution in [0.5, 0.6) is 0 Å². The van der Waals surface area contributed by atoms with Crippen molar-refractivity contribution in [1.29, 1.82) is 0 Å². The average molecular weight is 248 g/mol. The van der Waals surface area contributed by atoms with Crippen LogP contribution in [0, 0.1) is 6.92 Å². The second-order valence-electron chi connectivity index (χ2n) is 3.95. The number of benzene rings is 1. The van der Waals surface area contributed by atoms with Gasteiger partial charge in [0.25, 0.3) is 5.22 Å². The van der Waals surface area contributed by atoms with Crippen molar-refractivity contribution in [2.45, 2.75) is 25.0 Å². The molecule has 0 aliphatic heterocycles. The lowest BCUT2D eigenvalue weighted by Crippen LogP contribution is -1.89. The van der Waals surface area contributed by atoms with Gasteiger partial charge >= 0.3 is 0 Å². The highest BCUT2D eigenvalue weighted by Gasteiger charge is 2.01. The number of hydrogen-bond donors (Lipinski definition) is 1. The number of nitrogen functional groups attached to an aromatic ring is 1. The molecule has 2 rings (SSSR count). The molecule has 0 bridgehead atoms. The highest BCUT2D eigenvalue weighted by atomic mass is 32.2. The summed E-state index contributed by atoms with van der Waals surface area (Å²) in [5.74, 6) is 1.02. The van der Waals surface area contributed by atoms with Crippen LogP contribution in [0.25, 0.3) is 0 Å². The van der Waals surface area contributed by atoms with Crippen molar-refractivity contribution >= 4 is 17.4 Å². The maximum atomic E-state index is 5.64. The molecule has 2 aromatic rings. The molecule has 1 aromatic heterocycles. The van der Waals surface area contributed by atoms with Crippen molar-refractivity contribution < 1.29 is 4.42 Å². The number of aromatic nitrogens is 1. The molecule has 4 heteroatoms. The quantitative estimate of drug-likeness (QED) is 0.501. The standard InChI is InChI=1S/C13H16N2OS/c1-10-9-16-13(15-10)17-8-2-3-11-4-6-12(14)7-5-11/h4-7,9H,2-3,8,14H2,1H3. The van der Waals surface area contributed by atoms with Gasteiger partial charge in [-0.1, -0.05) is 23.9 Å². The molecule has 17 heavy (non-hydrogen) atoms. The minimum absolute atomic E-state index is 0.764. The highest BCUT2D eigenvalue weighted by Crippen LogP contribution is 2.18. The fourth-order valence-corrected chi connectivity index (χ4v) is 2.31. The maximum absolute atomic E-state index is 5.64. The number of aryl methyl sites for hydroxylation is 2. The van der Waals surface area contributed by atoms with Crippen LogP contribution in [0.15, 0.2) is 40.2 Å². The lowest BCUT2D eigenvalue weighted by Gasteiger charge is -2.00. The van der Waals surface area contributed by atoms with Crippen LogP contribution in [0.2, 0.25) is 0 Å². The molecule has 0 saturated carbocycles. The predicted molar refractivity (Wildman–Crippen MR) is 71.1 cm³/mol. The van der Waals surface area contributed by atoms with Crippen molar-refractivity contribution in [2.75, 3.05) is 11.5 Å². The smallest absolute Gasteiger partial charge is 0.255 e. The molecule has 0 spiro atoms. The fraction of sp³-hybridized carbons (Fsp3) is 0.308. The van der Waals surface area contributed by atoms with E-state index >= 15 is 0 Å². The summed E-state index contributed by atoms with van der Waals surface area (Å²) in [6, 6.07) is 8.05. The summed E-state index contributed by atoms with van der Waals surface area (Å²) in [6.45, 7) is 1.93. The third kappa shape index (κ3) is 3.82. The van der Waals surface area contributed by atoms with Gasteiger partial charge in [0.1, 0.15) is 6.26 Å². The first-order valence-electron chi connectivity index (χ1n) is 5.63. The SMILES string of the molecule is Cc1coc(SCCCc2ccc(N)cc2)n1. The summed E-state index contributed by atoms with van der Waals surface area (Å²) < 4.78 is 5.27. The minimum atomic E-state index is 0.764. The van der Waals surface area contributed by atoms with Gasteiger partial charge in [-0.15, -0.1) is 0 Å². The Balaban J connectivity index is 1.71. The molecule has 0 fully saturated rings. The lowest BCUT2D eigenvalue weighted by atomic mass is 10.1. The van der Waals surface area contributed by atoms with Gasteiger partial charge in [0.15, 0.2) is 0 Å². The molecule has 3 nitrogen and oxygen atoms in total. The molecular weight excluding hydrogens is 232 g/mol. The van der Waals surface area contributed by atoms with Crippen molar-refractivity contribution in [3.8, 4) is 0 Å². The highest BCUT2D eigenvalue weighted by molar-refractivity contribution is 7.99. The monoisotopic (exact) mass is 248 g/mol. The summed E-state index contributed by atoms with van der Waals surface area (Å²) in [7, 11) is 0. The van der Waals surface area contributed by atoms with Crippen LogP contribution in [-0.4, -0.2) is 10.7 Å². The van der Waals surface area contributed by atoms with Crippen LogP contribution in [0.1, 0.15) is 17.7 Å². The Morgan fingerprint density at radius 2 is 2.06 bits per heavy atom. The minimum Gasteiger partial charge on any atom is -0.440 e. The van der Waals surface area contributed by atoms with E-state index in [-0.39, 0.29) is 0 Å². The van der Waals surface area contributed by atoms with Gasteiger partial charge in [-0.3, -0.25) is 0 Å². The van der Waals surface area contributed by atoms with E-state index in [4.69, 9.17) is 10.2 Å². The van der Waals surface area contributed by atoms with Crippen LogP contribution in [-0.2, 0) is 6.42 Å². The van der Waals surface area contributed by atoms with Gasteiger partial charge in [-0.25, -0.2) is 4.98 Å². The van der Waals surface area contributed by atoms with E-state index in [1.54, 1.807) is 18.0 Å². The number of hydrogen-bond acceptors (Lipinski definition) is 4. The first-order chi connectivity index (χ1) is 8.24. The first kappa shape index (κ1) is 12.0. The molecule has 1 aromatic carbocycles. The van der Waals surface area contributed by atoms with E-state index in [0.29, 0.717) is 0 Å². The molecule has 0 aliphatic rings. The van der Waals surface area contributed by atoms with Gasteiger partial charge in [0, 0.05) is 11.4 Å². The number of rotatable bonds is 5. The van der Waals surface area contributed by atoms with E-state index in [0.717, 1.165) is 35.2 Å².